The van der Waals surface area contributed by atoms with Crippen molar-refractivity contribution in [3.8, 4) is 5.75 Å². The van der Waals surface area contributed by atoms with Crippen LogP contribution in [-0.2, 0) is 9.59 Å². The summed E-state index contributed by atoms with van der Waals surface area (Å²) in [5.74, 6) is 0.0702. The fourth-order valence-electron chi connectivity index (χ4n) is 7.70. The van der Waals surface area contributed by atoms with Gasteiger partial charge in [0.2, 0.25) is 11.8 Å². The van der Waals surface area contributed by atoms with Crippen LogP contribution in [-0.4, -0.2) is 94.7 Å². The molecule has 264 valence electrons. The zero-order valence-corrected chi connectivity index (χ0v) is 30.2. The predicted molar refractivity (Wildman–Crippen MR) is 195 cm³/mol. The van der Waals surface area contributed by atoms with Crippen molar-refractivity contribution >= 4 is 67.4 Å². The summed E-state index contributed by atoms with van der Waals surface area (Å²) >= 11 is 4.88. The number of carbonyl (C=O) groups is 4. The molecule has 6 heterocycles. The van der Waals surface area contributed by atoms with E-state index in [1.807, 2.05) is 23.6 Å². The van der Waals surface area contributed by atoms with Gasteiger partial charge in [0.25, 0.3) is 17.4 Å². The van der Waals surface area contributed by atoms with Crippen molar-refractivity contribution < 1.29 is 23.9 Å². The third kappa shape index (κ3) is 6.31. The second kappa shape index (κ2) is 13.5. The fourth-order valence-corrected chi connectivity index (χ4v) is 8.80. The average molecular weight is 775 g/mol. The number of benzene rings is 2. The zero-order chi connectivity index (χ0) is 35.4. The minimum absolute atomic E-state index is 0.0862. The summed E-state index contributed by atoms with van der Waals surface area (Å²) in [5, 5.41) is 7.62. The molecule has 4 aliphatic rings. The highest BCUT2D eigenvalue weighted by molar-refractivity contribution is 9.10. The molecule has 51 heavy (non-hydrogen) atoms. The summed E-state index contributed by atoms with van der Waals surface area (Å²) in [5.41, 5.74) is 2.43. The summed E-state index contributed by atoms with van der Waals surface area (Å²) in [6.45, 7) is 3.78. The number of ether oxygens (including phenoxy) is 1. The van der Waals surface area contributed by atoms with Crippen LogP contribution in [0.2, 0.25) is 0 Å². The number of halogens is 1. The minimum atomic E-state index is -0.984. The van der Waals surface area contributed by atoms with Crippen LogP contribution >= 0.6 is 27.3 Å². The number of imide groups is 2. The Balaban J connectivity index is 0.836. The number of nitrogens with one attached hydrogen (secondary N) is 2. The fraction of sp³-hybridized carbons (Fsp3) is 0.389. The van der Waals surface area contributed by atoms with E-state index in [-0.39, 0.29) is 24.4 Å². The van der Waals surface area contributed by atoms with E-state index in [2.05, 4.69) is 60.5 Å². The predicted octanol–water partition coefficient (Wildman–Crippen LogP) is 3.72. The number of thiazole rings is 1. The van der Waals surface area contributed by atoms with Gasteiger partial charge >= 0.3 is 0 Å². The molecular formula is C36H36BrN7O6S. The molecule has 0 saturated carbocycles. The summed E-state index contributed by atoms with van der Waals surface area (Å²) in [6.07, 6.45) is 3.69. The van der Waals surface area contributed by atoms with Gasteiger partial charge in [0, 0.05) is 50.2 Å². The minimum Gasteiger partial charge on any atom is -0.494 e. The van der Waals surface area contributed by atoms with E-state index in [1.165, 1.54) is 16.9 Å². The molecule has 1 unspecified atom stereocenters. The average Bonchev–Trinajstić information content (AvgIpc) is 3.67. The highest BCUT2D eigenvalue weighted by atomic mass is 79.9. The molecule has 2 aromatic heterocycles. The van der Waals surface area contributed by atoms with Crippen LogP contribution in [0.5, 0.6) is 5.75 Å². The molecular weight excluding hydrogens is 738 g/mol. The molecule has 3 atom stereocenters. The standard InChI is InChI=1S/C36H36BrN7O6S/c1-41-18-22(15-23(19-41)38-31-30(37)35(49)43-12-14-51-36(43)40-31)21-5-7-24(8-6-21)50-13-11-20-16-42(17-20)26-4-2-3-25-29(26)34(48)44(33(25)47)27-9-10-28(45)39-32(27)46/h2-8,12,14,20,22-23,27,38H,9-11,13,15-19H2,1H3,(H,39,45,46)/t22-,23+,27?/m0/s1. The van der Waals surface area contributed by atoms with Crippen LogP contribution < -0.4 is 25.8 Å². The van der Waals surface area contributed by atoms with Crippen LogP contribution in [0, 0.1) is 5.92 Å². The molecule has 15 heteroatoms. The van der Waals surface area contributed by atoms with E-state index in [0.29, 0.717) is 50.5 Å². The van der Waals surface area contributed by atoms with E-state index in [0.717, 1.165) is 49.7 Å². The monoisotopic (exact) mass is 773 g/mol. The molecule has 0 aliphatic carbocycles. The van der Waals surface area contributed by atoms with Gasteiger partial charge in [-0.15, -0.1) is 11.3 Å². The molecule has 4 amide bonds. The first kappa shape index (κ1) is 33.5. The molecule has 2 N–H and O–H groups in total. The number of amides is 4. The van der Waals surface area contributed by atoms with Crippen molar-refractivity contribution in [2.24, 2.45) is 5.92 Å². The molecule has 2 aromatic carbocycles. The Hall–Kier alpha value is -4.60. The smallest absolute Gasteiger partial charge is 0.275 e. The lowest BCUT2D eigenvalue weighted by molar-refractivity contribution is -0.136. The Labute approximate surface area is 305 Å². The molecule has 0 bridgehead atoms. The molecule has 4 aromatic rings. The van der Waals surface area contributed by atoms with Crippen LogP contribution in [0.15, 0.2) is 63.3 Å². The van der Waals surface area contributed by atoms with Crippen LogP contribution in [0.4, 0.5) is 11.5 Å². The topological polar surface area (TPSA) is 146 Å². The lowest BCUT2D eigenvalue weighted by Gasteiger charge is -2.41. The van der Waals surface area contributed by atoms with Crippen LogP contribution in [0.1, 0.15) is 57.9 Å². The van der Waals surface area contributed by atoms with E-state index in [9.17, 15) is 24.0 Å². The number of piperidine rings is 2. The third-order valence-corrected chi connectivity index (χ3v) is 11.7. The third-order valence-electron chi connectivity index (χ3n) is 10.3. The Bertz CT molecular complexity index is 2110. The summed E-state index contributed by atoms with van der Waals surface area (Å²) < 4.78 is 8.10. The lowest BCUT2D eigenvalue weighted by atomic mass is 9.88. The van der Waals surface area contributed by atoms with E-state index in [1.54, 1.807) is 22.7 Å². The number of hydrogen-bond acceptors (Lipinski definition) is 11. The molecule has 3 fully saturated rings. The maximum absolute atomic E-state index is 13.5. The van der Waals surface area contributed by atoms with Gasteiger partial charge in [-0.1, -0.05) is 18.2 Å². The zero-order valence-electron chi connectivity index (χ0n) is 27.8. The number of fused-ring (bicyclic) bond motifs is 2. The summed E-state index contributed by atoms with van der Waals surface area (Å²) in [7, 11) is 2.11. The second-order valence-electron chi connectivity index (χ2n) is 13.8. The van der Waals surface area contributed by atoms with Crippen molar-refractivity contribution in [1.29, 1.82) is 0 Å². The number of likely N-dealkylation sites (N-methyl/N-ethyl adjacent to an activating group) is 1. The maximum Gasteiger partial charge on any atom is 0.275 e. The van der Waals surface area contributed by atoms with E-state index >= 15 is 0 Å². The first-order valence-electron chi connectivity index (χ1n) is 17.1. The van der Waals surface area contributed by atoms with Crippen molar-refractivity contribution in [2.45, 2.75) is 43.7 Å². The Morgan fingerprint density at radius 1 is 1.02 bits per heavy atom. The van der Waals surface area contributed by atoms with Crippen molar-refractivity contribution in [2.75, 3.05) is 50.1 Å². The molecule has 0 spiro atoms. The SMILES string of the molecule is CN1C[C@H](Nc2nc3sccn3c(=O)c2Br)C[C@H](c2ccc(OCCC3CN(c4cccc5c4C(=O)N(C4CCC(=O)NC4=O)C5=O)C3)cc2)C1. The number of rotatable bonds is 9. The Morgan fingerprint density at radius 3 is 2.61 bits per heavy atom. The van der Waals surface area contributed by atoms with Gasteiger partial charge in [0.05, 0.1) is 23.4 Å². The van der Waals surface area contributed by atoms with Gasteiger partial charge in [-0.05, 0) is 83.9 Å². The van der Waals surface area contributed by atoms with Crippen molar-refractivity contribution in [3.63, 3.8) is 0 Å². The second-order valence-corrected chi connectivity index (χ2v) is 15.4. The lowest BCUT2D eigenvalue weighted by Crippen LogP contribution is -2.54. The molecule has 4 aliphatic heterocycles. The van der Waals surface area contributed by atoms with Gasteiger partial charge in [-0.25, -0.2) is 4.98 Å². The normalized spacial score (nSPS) is 22.7. The number of nitrogens with zero attached hydrogens (tertiary/aromatic N) is 5. The van der Waals surface area contributed by atoms with Crippen LogP contribution in [0.25, 0.3) is 4.96 Å². The number of aromatic nitrogens is 2. The van der Waals surface area contributed by atoms with Crippen LogP contribution in [0.3, 0.4) is 0 Å². The van der Waals surface area contributed by atoms with Gasteiger partial charge in [0.15, 0.2) is 4.96 Å². The van der Waals surface area contributed by atoms with Gasteiger partial charge in [0.1, 0.15) is 22.1 Å². The van der Waals surface area contributed by atoms with E-state index < -0.39 is 29.7 Å². The number of carbonyl (C=O) groups excluding carboxylic acids is 4. The molecule has 0 radical (unpaired) electrons. The maximum atomic E-state index is 13.5. The van der Waals surface area contributed by atoms with Gasteiger partial charge < -0.3 is 19.9 Å². The summed E-state index contributed by atoms with van der Waals surface area (Å²) in [4.78, 5) is 74.2. The quantitative estimate of drug-likeness (QED) is 0.242. The number of anilines is 2. The van der Waals surface area contributed by atoms with Crippen molar-refractivity contribution in [1.82, 2.24) is 24.5 Å². The summed E-state index contributed by atoms with van der Waals surface area (Å²) in [6, 6.07) is 12.7. The Kier molecular flexibility index (Phi) is 8.88. The molecule has 3 saturated heterocycles. The first-order chi connectivity index (χ1) is 24.6. The molecule has 8 rings (SSSR count). The Morgan fingerprint density at radius 2 is 1.82 bits per heavy atom. The number of hydrogen-bond donors (Lipinski definition) is 2. The van der Waals surface area contributed by atoms with Crippen molar-refractivity contribution in [3.05, 3.63) is 85.6 Å². The number of likely N-dealkylation sites (tertiary alicyclic amines) is 1. The van der Waals surface area contributed by atoms with Gasteiger partial charge in [-0.2, -0.15) is 0 Å². The highest BCUT2D eigenvalue weighted by Gasteiger charge is 2.46. The van der Waals surface area contributed by atoms with Gasteiger partial charge in [-0.3, -0.25) is 38.6 Å². The van der Waals surface area contributed by atoms with E-state index in [4.69, 9.17) is 4.74 Å². The molecule has 13 nitrogen and oxygen atoms in total. The first-order valence-corrected chi connectivity index (χ1v) is 18.7. The highest BCUT2D eigenvalue weighted by Crippen LogP contribution is 2.37. The largest absolute Gasteiger partial charge is 0.494 e.